The summed E-state index contributed by atoms with van der Waals surface area (Å²) in [4.78, 5) is 17.5. The molecule has 0 spiro atoms. The molecule has 0 aliphatic carbocycles. The molecule has 0 saturated heterocycles. The van der Waals surface area contributed by atoms with Crippen LogP contribution in [0.1, 0.15) is 35.0 Å². The summed E-state index contributed by atoms with van der Waals surface area (Å²) in [6, 6.07) is 4.15. The smallest absolute Gasteiger partial charge is 0.227 e. The third-order valence-corrected chi connectivity index (χ3v) is 4.84. The minimum Gasteiger partial charge on any atom is -0.348 e. The predicted molar refractivity (Wildman–Crippen MR) is 80.9 cm³/mol. The second kappa shape index (κ2) is 7.03. The first-order valence-corrected chi connectivity index (χ1v) is 8.34. The molecule has 2 rings (SSSR count). The van der Waals surface area contributed by atoms with Gasteiger partial charge in [-0.05, 0) is 17.9 Å². The van der Waals surface area contributed by atoms with Crippen molar-refractivity contribution >= 4 is 40.2 Å². The number of thiazole rings is 1. The van der Waals surface area contributed by atoms with Crippen molar-refractivity contribution in [1.82, 2.24) is 10.3 Å². The summed E-state index contributed by atoms with van der Waals surface area (Å²) in [6.07, 6.45) is 1.21. The Hall–Kier alpha value is -0.910. The van der Waals surface area contributed by atoms with E-state index >= 15 is 0 Å². The lowest BCUT2D eigenvalue weighted by molar-refractivity contribution is -0.121. The first kappa shape index (κ1) is 14.5. The highest BCUT2D eigenvalue weighted by Gasteiger charge is 2.15. The molecule has 1 N–H and O–H groups in total. The van der Waals surface area contributed by atoms with Gasteiger partial charge in [-0.3, -0.25) is 4.79 Å². The highest BCUT2D eigenvalue weighted by molar-refractivity contribution is 7.10. The first-order chi connectivity index (χ1) is 9.22. The minimum atomic E-state index is 0.00993. The molecule has 0 aliphatic rings. The summed E-state index contributed by atoms with van der Waals surface area (Å²) in [5.74, 6) is 0.404. The van der Waals surface area contributed by atoms with Gasteiger partial charge in [0.25, 0.3) is 0 Å². The molecule has 1 amide bonds. The van der Waals surface area contributed by atoms with Crippen LogP contribution in [0, 0.1) is 0 Å². The molecule has 3 nitrogen and oxygen atoms in total. The molecule has 0 saturated carbocycles. The van der Waals surface area contributed by atoms with Gasteiger partial charge in [0.05, 0.1) is 24.0 Å². The summed E-state index contributed by atoms with van der Waals surface area (Å²) in [5, 5.41) is 7.78. The van der Waals surface area contributed by atoms with E-state index in [1.54, 1.807) is 11.3 Å². The third kappa shape index (κ3) is 4.03. The Bertz CT molecular complexity index is 524. The summed E-state index contributed by atoms with van der Waals surface area (Å²) < 4.78 is 0. The van der Waals surface area contributed by atoms with Crippen LogP contribution in [0.4, 0.5) is 0 Å². The fourth-order valence-electron chi connectivity index (χ4n) is 1.74. The molecule has 2 aromatic heterocycles. The van der Waals surface area contributed by atoms with E-state index in [0.717, 1.165) is 17.1 Å². The molecule has 19 heavy (non-hydrogen) atoms. The van der Waals surface area contributed by atoms with E-state index in [4.69, 9.17) is 11.6 Å². The predicted octanol–water partition coefficient (Wildman–Crippen LogP) is 3.75. The fourth-order valence-corrected chi connectivity index (χ4v) is 3.62. The van der Waals surface area contributed by atoms with Gasteiger partial charge in [-0.1, -0.05) is 13.0 Å². The van der Waals surface area contributed by atoms with Crippen LogP contribution in [-0.2, 0) is 17.1 Å². The molecule has 0 aromatic carbocycles. The molecule has 102 valence electrons. The van der Waals surface area contributed by atoms with Gasteiger partial charge in [-0.15, -0.1) is 34.3 Å². The molecule has 1 atom stereocenters. The van der Waals surface area contributed by atoms with Crippen LogP contribution in [0.5, 0.6) is 0 Å². The second-order valence-corrected chi connectivity index (χ2v) is 6.28. The van der Waals surface area contributed by atoms with Gasteiger partial charge in [0.1, 0.15) is 5.01 Å². The largest absolute Gasteiger partial charge is 0.348 e. The second-order valence-electron chi connectivity index (χ2n) is 4.09. The summed E-state index contributed by atoms with van der Waals surface area (Å²) in [5.41, 5.74) is 0.833. The van der Waals surface area contributed by atoms with Crippen molar-refractivity contribution in [2.45, 2.75) is 31.7 Å². The molecule has 2 heterocycles. The van der Waals surface area contributed by atoms with Crippen LogP contribution >= 0.6 is 34.3 Å². The number of halogens is 1. The van der Waals surface area contributed by atoms with Gasteiger partial charge in [-0.2, -0.15) is 0 Å². The number of carbonyl (C=O) groups excluding carboxylic acids is 1. The zero-order valence-electron chi connectivity index (χ0n) is 10.6. The number of thiophene rings is 1. The Labute approximate surface area is 125 Å². The summed E-state index contributed by atoms with van der Waals surface area (Å²) >= 11 is 8.84. The Morgan fingerprint density at radius 2 is 2.37 bits per heavy atom. The molecular formula is C13H15ClN2OS2. The SMILES string of the molecule is CCC(NC(=O)Cc1nc(CCl)cs1)c1cccs1. The summed E-state index contributed by atoms with van der Waals surface area (Å²) in [6.45, 7) is 2.07. The number of nitrogens with zero attached hydrogens (tertiary/aromatic N) is 1. The van der Waals surface area contributed by atoms with Crippen LogP contribution in [-0.4, -0.2) is 10.9 Å². The zero-order chi connectivity index (χ0) is 13.7. The first-order valence-electron chi connectivity index (χ1n) is 6.05. The van der Waals surface area contributed by atoms with Crippen molar-refractivity contribution in [2.75, 3.05) is 0 Å². The molecule has 6 heteroatoms. The van der Waals surface area contributed by atoms with Crippen molar-refractivity contribution in [3.63, 3.8) is 0 Å². The number of nitrogens with one attached hydrogen (secondary N) is 1. The standard InChI is InChI=1S/C13H15ClN2OS2/c1-2-10(11-4-3-5-18-11)16-12(17)6-13-15-9(7-14)8-19-13/h3-5,8,10H,2,6-7H2,1H3,(H,16,17). The number of amides is 1. The number of carbonyl (C=O) groups is 1. The normalized spacial score (nSPS) is 12.3. The lowest BCUT2D eigenvalue weighted by Gasteiger charge is -2.14. The van der Waals surface area contributed by atoms with E-state index in [0.29, 0.717) is 12.3 Å². The Kier molecular flexibility index (Phi) is 5.36. The molecule has 0 fully saturated rings. The topological polar surface area (TPSA) is 42.0 Å². The van der Waals surface area contributed by atoms with Crippen LogP contribution in [0.25, 0.3) is 0 Å². The lowest BCUT2D eigenvalue weighted by atomic mass is 10.2. The Balaban J connectivity index is 1.93. The number of hydrogen-bond donors (Lipinski definition) is 1. The Morgan fingerprint density at radius 1 is 1.53 bits per heavy atom. The number of aromatic nitrogens is 1. The zero-order valence-corrected chi connectivity index (χ0v) is 12.9. The van der Waals surface area contributed by atoms with E-state index in [-0.39, 0.29) is 11.9 Å². The maximum absolute atomic E-state index is 12.0. The highest BCUT2D eigenvalue weighted by Crippen LogP contribution is 2.22. The van der Waals surface area contributed by atoms with E-state index in [1.165, 1.54) is 16.2 Å². The molecular weight excluding hydrogens is 300 g/mol. The van der Waals surface area contributed by atoms with Crippen molar-refractivity contribution in [2.24, 2.45) is 0 Å². The molecule has 0 radical (unpaired) electrons. The highest BCUT2D eigenvalue weighted by atomic mass is 35.5. The van der Waals surface area contributed by atoms with Gasteiger partial charge in [0, 0.05) is 10.3 Å². The monoisotopic (exact) mass is 314 g/mol. The van der Waals surface area contributed by atoms with Gasteiger partial charge in [-0.25, -0.2) is 4.98 Å². The van der Waals surface area contributed by atoms with Crippen LogP contribution < -0.4 is 5.32 Å². The summed E-state index contributed by atoms with van der Waals surface area (Å²) in [7, 11) is 0. The average molecular weight is 315 g/mol. The maximum Gasteiger partial charge on any atom is 0.227 e. The number of hydrogen-bond acceptors (Lipinski definition) is 4. The van der Waals surface area contributed by atoms with Crippen molar-refractivity contribution in [3.8, 4) is 0 Å². The molecule has 2 aromatic rings. The minimum absolute atomic E-state index is 0.00993. The van der Waals surface area contributed by atoms with Gasteiger partial charge < -0.3 is 5.32 Å². The quantitative estimate of drug-likeness (QED) is 0.825. The van der Waals surface area contributed by atoms with Gasteiger partial charge in [0.2, 0.25) is 5.91 Å². The third-order valence-electron chi connectivity index (χ3n) is 2.68. The fraction of sp³-hybridized carbons (Fsp3) is 0.385. The van der Waals surface area contributed by atoms with Crippen molar-refractivity contribution in [3.05, 3.63) is 38.5 Å². The lowest BCUT2D eigenvalue weighted by Crippen LogP contribution is -2.29. The van der Waals surface area contributed by atoms with Gasteiger partial charge in [0.15, 0.2) is 0 Å². The maximum atomic E-state index is 12.0. The Morgan fingerprint density at radius 3 is 2.95 bits per heavy atom. The van der Waals surface area contributed by atoms with Crippen molar-refractivity contribution < 1.29 is 4.79 Å². The average Bonchev–Trinajstić information content (AvgIpc) is 3.06. The van der Waals surface area contributed by atoms with Crippen molar-refractivity contribution in [1.29, 1.82) is 0 Å². The van der Waals surface area contributed by atoms with E-state index in [2.05, 4.69) is 17.2 Å². The number of alkyl halides is 1. The van der Waals surface area contributed by atoms with E-state index in [1.807, 2.05) is 22.9 Å². The van der Waals surface area contributed by atoms with E-state index < -0.39 is 0 Å². The van der Waals surface area contributed by atoms with Gasteiger partial charge >= 0.3 is 0 Å². The van der Waals surface area contributed by atoms with Crippen LogP contribution in [0.3, 0.4) is 0 Å². The van der Waals surface area contributed by atoms with Crippen LogP contribution in [0.2, 0.25) is 0 Å². The van der Waals surface area contributed by atoms with E-state index in [9.17, 15) is 4.79 Å². The number of rotatable bonds is 6. The molecule has 0 bridgehead atoms. The van der Waals surface area contributed by atoms with Crippen LogP contribution in [0.15, 0.2) is 22.9 Å². The molecule has 1 unspecified atom stereocenters. The molecule has 0 aliphatic heterocycles.